The third-order valence-electron chi connectivity index (χ3n) is 3.55. The van der Waals surface area contributed by atoms with E-state index in [1.54, 1.807) is 0 Å². The fourth-order valence-corrected chi connectivity index (χ4v) is 2.62. The number of ether oxygens (including phenoxy) is 1. The maximum atomic E-state index is 11.9. The van der Waals surface area contributed by atoms with Gasteiger partial charge in [-0.05, 0) is 26.7 Å². The number of rotatable bonds is 0. The number of amides is 1. The van der Waals surface area contributed by atoms with E-state index < -0.39 is 5.60 Å². The second-order valence-electron chi connectivity index (χ2n) is 6.34. The van der Waals surface area contributed by atoms with Crippen LogP contribution in [0.2, 0.25) is 0 Å². The summed E-state index contributed by atoms with van der Waals surface area (Å²) in [4.78, 5) is 13.8. The summed E-state index contributed by atoms with van der Waals surface area (Å²) in [6.07, 6.45) is -0.164. The molecule has 2 rings (SSSR count). The van der Waals surface area contributed by atoms with E-state index in [9.17, 15) is 4.79 Å². The molecule has 2 aliphatic heterocycles. The van der Waals surface area contributed by atoms with E-state index in [1.807, 2.05) is 25.7 Å². The highest BCUT2D eigenvalue weighted by atomic mass is 16.6. The van der Waals surface area contributed by atoms with Gasteiger partial charge in [0.05, 0.1) is 0 Å². The topological polar surface area (TPSA) is 41.6 Å². The molecular weight excluding hydrogens is 204 g/mol. The highest BCUT2D eigenvalue weighted by Crippen LogP contribution is 2.38. The van der Waals surface area contributed by atoms with Gasteiger partial charge in [-0.1, -0.05) is 6.92 Å². The monoisotopic (exact) mass is 226 g/mol. The fraction of sp³-hybridized carbons (Fsp3) is 0.917. The highest BCUT2D eigenvalue weighted by molar-refractivity contribution is 5.68. The molecule has 2 atom stereocenters. The predicted molar refractivity (Wildman–Crippen MR) is 62.3 cm³/mol. The van der Waals surface area contributed by atoms with E-state index in [0.717, 1.165) is 26.2 Å². The number of carbonyl (C=O) groups excluding carboxylic acids is 1. The van der Waals surface area contributed by atoms with Crippen molar-refractivity contribution in [2.75, 3.05) is 26.2 Å². The Balaban J connectivity index is 1.97. The van der Waals surface area contributed by atoms with Gasteiger partial charge in [-0.25, -0.2) is 4.79 Å². The van der Waals surface area contributed by atoms with Gasteiger partial charge in [0.15, 0.2) is 0 Å². The van der Waals surface area contributed by atoms with Gasteiger partial charge in [-0.3, -0.25) is 0 Å². The van der Waals surface area contributed by atoms with Gasteiger partial charge < -0.3 is 15.0 Å². The van der Waals surface area contributed by atoms with Gasteiger partial charge in [0, 0.05) is 31.6 Å². The summed E-state index contributed by atoms with van der Waals surface area (Å²) >= 11 is 0. The van der Waals surface area contributed by atoms with E-state index in [4.69, 9.17) is 4.74 Å². The van der Waals surface area contributed by atoms with Crippen LogP contribution in [0.3, 0.4) is 0 Å². The van der Waals surface area contributed by atoms with Crippen molar-refractivity contribution >= 4 is 6.09 Å². The molecule has 16 heavy (non-hydrogen) atoms. The van der Waals surface area contributed by atoms with Crippen LogP contribution in [-0.2, 0) is 4.74 Å². The maximum absolute atomic E-state index is 11.9. The van der Waals surface area contributed by atoms with Crippen molar-refractivity contribution in [3.63, 3.8) is 0 Å². The van der Waals surface area contributed by atoms with Gasteiger partial charge in [0.1, 0.15) is 5.60 Å². The first-order valence-electron chi connectivity index (χ1n) is 5.99. The number of nitrogens with zero attached hydrogens (tertiary/aromatic N) is 1. The van der Waals surface area contributed by atoms with Gasteiger partial charge in [-0.15, -0.1) is 0 Å². The predicted octanol–water partition coefficient (Wildman–Crippen LogP) is 1.46. The first kappa shape index (κ1) is 11.7. The molecule has 4 nitrogen and oxygen atoms in total. The molecule has 0 unspecified atom stereocenters. The smallest absolute Gasteiger partial charge is 0.410 e. The van der Waals surface area contributed by atoms with Gasteiger partial charge >= 0.3 is 6.09 Å². The summed E-state index contributed by atoms with van der Waals surface area (Å²) in [6.45, 7) is 11.7. The van der Waals surface area contributed by atoms with Gasteiger partial charge in [0.25, 0.3) is 0 Å². The van der Waals surface area contributed by atoms with E-state index in [-0.39, 0.29) is 11.5 Å². The molecule has 4 heteroatoms. The molecule has 0 spiro atoms. The van der Waals surface area contributed by atoms with Crippen molar-refractivity contribution in [2.45, 2.75) is 33.3 Å². The first-order valence-corrected chi connectivity index (χ1v) is 5.99. The lowest BCUT2D eigenvalue weighted by Crippen LogP contribution is -2.38. The zero-order chi connectivity index (χ0) is 12.0. The number of carbonyl (C=O) groups is 1. The van der Waals surface area contributed by atoms with E-state index in [2.05, 4.69) is 12.2 Å². The minimum absolute atomic E-state index is 0.164. The van der Waals surface area contributed by atoms with Crippen molar-refractivity contribution in [2.24, 2.45) is 11.3 Å². The van der Waals surface area contributed by atoms with Crippen molar-refractivity contribution < 1.29 is 9.53 Å². The fourth-order valence-electron chi connectivity index (χ4n) is 2.62. The van der Waals surface area contributed by atoms with E-state index in [1.165, 1.54) is 0 Å². The summed E-state index contributed by atoms with van der Waals surface area (Å²) in [6, 6.07) is 0. The molecule has 0 aliphatic carbocycles. The second kappa shape index (κ2) is 3.62. The van der Waals surface area contributed by atoms with Crippen molar-refractivity contribution in [3.05, 3.63) is 0 Å². The Morgan fingerprint density at radius 3 is 2.75 bits per heavy atom. The molecule has 92 valence electrons. The largest absolute Gasteiger partial charge is 0.444 e. The van der Waals surface area contributed by atoms with Gasteiger partial charge in [-0.2, -0.15) is 0 Å². The molecule has 2 saturated heterocycles. The molecule has 0 saturated carbocycles. The number of hydrogen-bond donors (Lipinski definition) is 1. The van der Waals surface area contributed by atoms with Crippen LogP contribution in [0.25, 0.3) is 0 Å². The Labute approximate surface area is 97.3 Å². The van der Waals surface area contributed by atoms with Gasteiger partial charge in [0.2, 0.25) is 0 Å². The number of fused-ring (bicyclic) bond motifs is 1. The van der Waals surface area contributed by atoms with Crippen molar-refractivity contribution in [3.8, 4) is 0 Å². The molecule has 2 aliphatic rings. The minimum atomic E-state index is -0.395. The van der Waals surface area contributed by atoms with E-state index in [0.29, 0.717) is 5.92 Å². The molecule has 2 heterocycles. The lowest BCUT2D eigenvalue weighted by Gasteiger charge is -2.26. The Morgan fingerprint density at radius 2 is 2.19 bits per heavy atom. The maximum Gasteiger partial charge on any atom is 0.410 e. The minimum Gasteiger partial charge on any atom is -0.444 e. The Morgan fingerprint density at radius 1 is 1.50 bits per heavy atom. The molecule has 2 fully saturated rings. The van der Waals surface area contributed by atoms with E-state index >= 15 is 0 Å². The molecule has 1 N–H and O–H groups in total. The number of likely N-dealkylation sites (tertiary alicyclic amines) is 1. The third-order valence-corrected chi connectivity index (χ3v) is 3.55. The third kappa shape index (κ3) is 2.17. The molecular formula is C12H22N2O2. The quantitative estimate of drug-likeness (QED) is 0.680. The standard InChI is InChI=1S/C12H22N2O2/c1-11(2,3)16-10(15)14-6-9-5-13-7-12(9,4)8-14/h9,13H,5-8H2,1-4H3/t9-,12+/m0/s1. The Kier molecular flexibility index (Phi) is 2.65. The summed E-state index contributed by atoms with van der Waals surface area (Å²) in [7, 11) is 0. The van der Waals surface area contributed by atoms with Crippen LogP contribution in [-0.4, -0.2) is 42.8 Å². The number of hydrogen-bond acceptors (Lipinski definition) is 3. The van der Waals surface area contributed by atoms with Crippen LogP contribution in [0.5, 0.6) is 0 Å². The normalized spacial score (nSPS) is 34.0. The van der Waals surface area contributed by atoms with Crippen LogP contribution in [0, 0.1) is 11.3 Å². The summed E-state index contributed by atoms with van der Waals surface area (Å²) in [5, 5.41) is 3.39. The van der Waals surface area contributed by atoms with Crippen LogP contribution in [0.1, 0.15) is 27.7 Å². The zero-order valence-electron chi connectivity index (χ0n) is 10.7. The lowest BCUT2D eigenvalue weighted by atomic mass is 9.83. The second-order valence-corrected chi connectivity index (χ2v) is 6.34. The van der Waals surface area contributed by atoms with Crippen LogP contribution in [0.15, 0.2) is 0 Å². The molecule has 0 radical (unpaired) electrons. The first-order chi connectivity index (χ1) is 7.30. The lowest BCUT2D eigenvalue weighted by molar-refractivity contribution is 0.0272. The Hall–Kier alpha value is -0.770. The summed E-state index contributed by atoms with van der Waals surface area (Å²) in [5.41, 5.74) is -0.148. The SMILES string of the molecule is CC(C)(C)OC(=O)N1C[C@@H]2CNC[C@]2(C)C1. The molecule has 0 aromatic rings. The number of nitrogens with one attached hydrogen (secondary N) is 1. The van der Waals surface area contributed by atoms with Crippen molar-refractivity contribution in [1.29, 1.82) is 0 Å². The molecule has 1 amide bonds. The van der Waals surface area contributed by atoms with Crippen LogP contribution >= 0.6 is 0 Å². The molecule has 0 bridgehead atoms. The Bertz CT molecular complexity index is 298. The zero-order valence-corrected chi connectivity index (χ0v) is 10.7. The average molecular weight is 226 g/mol. The highest BCUT2D eigenvalue weighted by Gasteiger charge is 2.48. The summed E-state index contributed by atoms with van der Waals surface area (Å²) in [5.74, 6) is 0.583. The van der Waals surface area contributed by atoms with Crippen LogP contribution in [0.4, 0.5) is 4.79 Å². The van der Waals surface area contributed by atoms with Crippen LogP contribution < -0.4 is 5.32 Å². The average Bonchev–Trinajstić information content (AvgIpc) is 2.55. The molecule has 0 aromatic carbocycles. The van der Waals surface area contributed by atoms with Crippen molar-refractivity contribution in [1.82, 2.24) is 10.2 Å². The summed E-state index contributed by atoms with van der Waals surface area (Å²) < 4.78 is 5.40. The molecule has 0 aromatic heterocycles.